The Hall–Kier alpha value is -0.430. The number of hydrogen-bond donors (Lipinski definition) is 2. The summed E-state index contributed by atoms with van der Waals surface area (Å²) in [6.45, 7) is 4.13. The van der Waals surface area contributed by atoms with Crippen molar-refractivity contribution in [3.8, 4) is 0 Å². The molecule has 0 fully saturated rings. The number of sulfonamides is 1. The first-order valence-electron chi connectivity index (χ1n) is 5.30. The summed E-state index contributed by atoms with van der Waals surface area (Å²) < 4.78 is 27.3. The molecule has 96 valence electrons. The van der Waals surface area contributed by atoms with Gasteiger partial charge in [0.1, 0.15) is 0 Å². The van der Waals surface area contributed by atoms with Gasteiger partial charge in [0.05, 0.1) is 4.90 Å². The van der Waals surface area contributed by atoms with Crippen LogP contribution in [0.3, 0.4) is 0 Å². The van der Waals surface area contributed by atoms with Crippen LogP contribution in [0.15, 0.2) is 27.6 Å². The van der Waals surface area contributed by atoms with Crippen molar-refractivity contribution in [2.45, 2.75) is 24.8 Å². The first-order chi connectivity index (χ1) is 7.86. The average Bonchev–Trinajstić information content (AvgIpc) is 2.29. The summed E-state index contributed by atoms with van der Waals surface area (Å²) in [4.78, 5) is 0.279. The first kappa shape index (κ1) is 14.6. The SMILES string of the molecule is CNC(C)CNS(=O)(=O)c1cc(C)ccc1Br. The Kier molecular flexibility index (Phi) is 5.12. The van der Waals surface area contributed by atoms with Gasteiger partial charge >= 0.3 is 0 Å². The molecule has 0 saturated carbocycles. The van der Waals surface area contributed by atoms with Gasteiger partial charge in [-0.3, -0.25) is 0 Å². The molecular weight excluding hydrogens is 304 g/mol. The third-order valence-electron chi connectivity index (χ3n) is 2.45. The Bertz CT molecular complexity index is 488. The Morgan fingerprint density at radius 2 is 2.06 bits per heavy atom. The zero-order valence-electron chi connectivity index (χ0n) is 10.1. The highest BCUT2D eigenvalue weighted by molar-refractivity contribution is 9.10. The van der Waals surface area contributed by atoms with Crippen molar-refractivity contribution in [3.63, 3.8) is 0 Å². The largest absolute Gasteiger partial charge is 0.316 e. The highest BCUT2D eigenvalue weighted by Crippen LogP contribution is 2.22. The zero-order chi connectivity index (χ0) is 13.1. The molecule has 1 rings (SSSR count). The lowest BCUT2D eigenvalue weighted by molar-refractivity contribution is 0.554. The van der Waals surface area contributed by atoms with Gasteiger partial charge in [-0.05, 0) is 54.5 Å². The molecule has 0 amide bonds. The maximum Gasteiger partial charge on any atom is 0.241 e. The van der Waals surface area contributed by atoms with Crippen LogP contribution in [0.1, 0.15) is 12.5 Å². The molecule has 0 bridgehead atoms. The standard InChI is InChI=1S/C11H17BrN2O2S/c1-8-4-5-10(12)11(6-8)17(15,16)14-7-9(2)13-3/h4-6,9,13-14H,7H2,1-3H3. The number of aryl methyl sites for hydroxylation is 1. The lowest BCUT2D eigenvalue weighted by atomic mass is 10.2. The molecule has 0 aliphatic carbocycles. The molecule has 0 saturated heterocycles. The van der Waals surface area contributed by atoms with Gasteiger partial charge in [-0.2, -0.15) is 0 Å². The van der Waals surface area contributed by atoms with E-state index in [4.69, 9.17) is 0 Å². The van der Waals surface area contributed by atoms with Crippen LogP contribution in [0.5, 0.6) is 0 Å². The van der Waals surface area contributed by atoms with E-state index in [2.05, 4.69) is 26.0 Å². The monoisotopic (exact) mass is 320 g/mol. The van der Waals surface area contributed by atoms with Gasteiger partial charge in [0.25, 0.3) is 0 Å². The van der Waals surface area contributed by atoms with Crippen molar-refractivity contribution in [2.24, 2.45) is 0 Å². The van der Waals surface area contributed by atoms with Crippen LogP contribution in [0.2, 0.25) is 0 Å². The first-order valence-corrected chi connectivity index (χ1v) is 7.57. The Morgan fingerprint density at radius 1 is 1.41 bits per heavy atom. The quantitative estimate of drug-likeness (QED) is 0.867. The fraction of sp³-hybridized carbons (Fsp3) is 0.455. The number of rotatable bonds is 5. The predicted octanol–water partition coefficient (Wildman–Crippen LogP) is 1.64. The fourth-order valence-electron chi connectivity index (χ4n) is 1.23. The molecule has 6 heteroatoms. The van der Waals surface area contributed by atoms with Crippen LogP contribution >= 0.6 is 15.9 Å². The molecule has 4 nitrogen and oxygen atoms in total. The molecule has 0 aliphatic heterocycles. The summed E-state index contributed by atoms with van der Waals surface area (Å²) in [7, 11) is -1.66. The van der Waals surface area contributed by atoms with Crippen molar-refractivity contribution in [1.82, 2.24) is 10.0 Å². The van der Waals surface area contributed by atoms with Crippen molar-refractivity contribution in [2.75, 3.05) is 13.6 Å². The summed E-state index contributed by atoms with van der Waals surface area (Å²) in [5.74, 6) is 0. The van der Waals surface area contributed by atoms with E-state index in [1.807, 2.05) is 19.9 Å². The van der Waals surface area contributed by atoms with Gasteiger partial charge in [0, 0.05) is 17.1 Å². The van der Waals surface area contributed by atoms with E-state index >= 15 is 0 Å². The number of halogens is 1. The summed E-state index contributed by atoms with van der Waals surface area (Å²) in [5.41, 5.74) is 0.912. The molecular formula is C11H17BrN2O2S. The van der Waals surface area contributed by atoms with Crippen molar-refractivity contribution >= 4 is 26.0 Å². The van der Waals surface area contributed by atoms with E-state index in [0.29, 0.717) is 11.0 Å². The Morgan fingerprint density at radius 3 is 2.65 bits per heavy atom. The van der Waals surface area contributed by atoms with E-state index in [1.165, 1.54) is 0 Å². The smallest absolute Gasteiger partial charge is 0.241 e. The summed E-state index contributed by atoms with van der Waals surface area (Å²) >= 11 is 3.26. The lowest BCUT2D eigenvalue weighted by Gasteiger charge is -2.13. The van der Waals surface area contributed by atoms with Crippen molar-refractivity contribution < 1.29 is 8.42 Å². The minimum Gasteiger partial charge on any atom is -0.316 e. The molecule has 1 aromatic rings. The second-order valence-electron chi connectivity index (χ2n) is 3.98. The van der Waals surface area contributed by atoms with Crippen LogP contribution in [0, 0.1) is 6.92 Å². The van der Waals surface area contributed by atoms with Gasteiger partial charge in [-0.1, -0.05) is 6.07 Å². The van der Waals surface area contributed by atoms with Crippen LogP contribution in [-0.4, -0.2) is 28.1 Å². The summed E-state index contributed by atoms with van der Waals surface area (Å²) in [5, 5.41) is 2.98. The Balaban J connectivity index is 2.93. The summed E-state index contributed by atoms with van der Waals surface area (Å²) in [6.07, 6.45) is 0. The van der Waals surface area contributed by atoms with Gasteiger partial charge < -0.3 is 5.32 Å². The maximum atomic E-state index is 12.1. The minimum atomic E-state index is -3.46. The second kappa shape index (κ2) is 5.95. The van der Waals surface area contributed by atoms with Gasteiger partial charge in [-0.15, -0.1) is 0 Å². The van der Waals surface area contributed by atoms with E-state index in [9.17, 15) is 8.42 Å². The van der Waals surface area contributed by atoms with E-state index < -0.39 is 10.0 Å². The number of hydrogen-bond acceptors (Lipinski definition) is 3. The fourth-order valence-corrected chi connectivity index (χ4v) is 3.41. The highest BCUT2D eigenvalue weighted by atomic mass is 79.9. The highest BCUT2D eigenvalue weighted by Gasteiger charge is 2.17. The number of nitrogens with one attached hydrogen (secondary N) is 2. The van der Waals surface area contributed by atoms with Crippen LogP contribution < -0.4 is 10.0 Å². The molecule has 0 radical (unpaired) electrons. The molecule has 1 atom stereocenters. The van der Waals surface area contributed by atoms with E-state index in [0.717, 1.165) is 5.56 Å². The molecule has 0 spiro atoms. The minimum absolute atomic E-state index is 0.0911. The van der Waals surface area contributed by atoms with E-state index in [-0.39, 0.29) is 10.9 Å². The van der Waals surface area contributed by atoms with Crippen LogP contribution in [0.25, 0.3) is 0 Å². The van der Waals surface area contributed by atoms with Crippen LogP contribution in [0.4, 0.5) is 0 Å². The topological polar surface area (TPSA) is 58.2 Å². The zero-order valence-corrected chi connectivity index (χ0v) is 12.5. The van der Waals surface area contributed by atoms with Crippen LogP contribution in [-0.2, 0) is 10.0 Å². The molecule has 17 heavy (non-hydrogen) atoms. The molecule has 0 heterocycles. The third kappa shape index (κ3) is 4.06. The van der Waals surface area contributed by atoms with Crippen molar-refractivity contribution in [1.29, 1.82) is 0 Å². The van der Waals surface area contributed by atoms with Gasteiger partial charge in [0.2, 0.25) is 10.0 Å². The maximum absolute atomic E-state index is 12.1. The van der Waals surface area contributed by atoms with Gasteiger partial charge in [0.15, 0.2) is 0 Å². The molecule has 1 aromatic carbocycles. The van der Waals surface area contributed by atoms with E-state index in [1.54, 1.807) is 19.2 Å². The Labute approximate surface area is 111 Å². The lowest BCUT2D eigenvalue weighted by Crippen LogP contribution is -2.37. The summed E-state index contributed by atoms with van der Waals surface area (Å²) in [6, 6.07) is 5.34. The molecule has 0 aromatic heterocycles. The second-order valence-corrected chi connectivity index (χ2v) is 6.57. The average molecular weight is 321 g/mol. The number of benzene rings is 1. The van der Waals surface area contributed by atoms with Gasteiger partial charge in [-0.25, -0.2) is 13.1 Å². The van der Waals surface area contributed by atoms with Crippen molar-refractivity contribution in [3.05, 3.63) is 28.2 Å². The predicted molar refractivity (Wildman–Crippen MR) is 72.6 cm³/mol. The molecule has 2 N–H and O–H groups in total. The molecule has 0 aliphatic rings. The normalized spacial score (nSPS) is 13.6. The molecule has 1 unspecified atom stereocenters. The third-order valence-corrected chi connectivity index (χ3v) is 4.87. The number of likely N-dealkylation sites (N-methyl/N-ethyl adjacent to an activating group) is 1.